The fourth-order valence-corrected chi connectivity index (χ4v) is 4.49. The Kier molecular flexibility index (Phi) is 8.34. The van der Waals surface area contributed by atoms with E-state index in [-0.39, 0.29) is 29.7 Å². The van der Waals surface area contributed by atoms with Gasteiger partial charge in [0.15, 0.2) is 0 Å². The van der Waals surface area contributed by atoms with E-state index in [9.17, 15) is 22.9 Å². The van der Waals surface area contributed by atoms with Crippen molar-refractivity contribution in [3.05, 3.63) is 110 Å². The Hall–Kier alpha value is -3.59. The molecule has 0 saturated carbocycles. The molecule has 0 saturated heterocycles. The van der Waals surface area contributed by atoms with Crippen LogP contribution < -0.4 is 10.9 Å². The second kappa shape index (κ2) is 11.2. The minimum absolute atomic E-state index is 0.0392. The molecule has 2 aromatic carbocycles. The predicted octanol–water partition coefficient (Wildman–Crippen LogP) is 3.50. The molecule has 1 heterocycles. The van der Waals surface area contributed by atoms with Gasteiger partial charge in [0.1, 0.15) is 15.9 Å². The molecule has 0 aliphatic heterocycles. The van der Waals surface area contributed by atoms with E-state index in [1.165, 1.54) is 10.6 Å². The molecule has 0 spiro atoms. The lowest BCUT2D eigenvalue weighted by molar-refractivity contribution is 0.0956. The third-order valence-corrected chi connectivity index (χ3v) is 6.92. The predicted molar refractivity (Wildman–Crippen MR) is 136 cm³/mol. The van der Waals surface area contributed by atoms with Crippen LogP contribution in [0.3, 0.4) is 0 Å². The number of pyridine rings is 1. The van der Waals surface area contributed by atoms with Crippen LogP contribution in [-0.2, 0) is 16.9 Å². The number of sulfone groups is 1. The van der Waals surface area contributed by atoms with Crippen LogP contribution in [0.15, 0.2) is 76.8 Å². The second-order valence-electron chi connectivity index (χ2n) is 8.69. The van der Waals surface area contributed by atoms with Gasteiger partial charge in [-0.25, -0.2) is 8.42 Å². The normalized spacial score (nSPS) is 13.1. The number of nitrogens with zero attached hydrogens (tertiary/aromatic N) is 2. The molecule has 0 aliphatic carbocycles. The van der Waals surface area contributed by atoms with E-state index in [1.54, 1.807) is 31.4 Å². The van der Waals surface area contributed by atoms with Crippen molar-refractivity contribution in [2.45, 2.75) is 25.3 Å². The van der Waals surface area contributed by atoms with Crippen molar-refractivity contribution in [3.8, 4) is 0 Å². The monoisotopic (exact) mass is 495 g/mol. The van der Waals surface area contributed by atoms with Crippen LogP contribution in [0.5, 0.6) is 0 Å². The maximum Gasteiger partial charge on any atom is 0.251 e. The molecule has 3 aromatic rings. The van der Waals surface area contributed by atoms with Gasteiger partial charge in [0, 0.05) is 43.6 Å². The van der Waals surface area contributed by atoms with Crippen molar-refractivity contribution < 1.29 is 13.2 Å². The molecule has 2 unspecified atom stereocenters. The van der Waals surface area contributed by atoms with Gasteiger partial charge in [-0.05, 0) is 53.8 Å². The lowest BCUT2D eigenvalue weighted by Crippen LogP contribution is -2.28. The number of nitroso groups, excluding NO2 is 1. The summed E-state index contributed by atoms with van der Waals surface area (Å²) in [7, 11) is -1.53. The number of aromatic nitrogens is 1. The van der Waals surface area contributed by atoms with Gasteiger partial charge in [-0.3, -0.25) is 9.59 Å². The maximum atomic E-state index is 12.4. The summed E-state index contributed by atoms with van der Waals surface area (Å²) in [5.74, 6) is -0.666. The van der Waals surface area contributed by atoms with Gasteiger partial charge in [0.2, 0.25) is 5.56 Å². The minimum atomic E-state index is -3.16. The number of hydrogen-bond acceptors (Lipinski definition) is 6. The van der Waals surface area contributed by atoms with Crippen LogP contribution in [0, 0.1) is 11.8 Å². The fourth-order valence-electron chi connectivity index (χ4n) is 4.01. The van der Waals surface area contributed by atoms with Gasteiger partial charge >= 0.3 is 0 Å². The van der Waals surface area contributed by atoms with Gasteiger partial charge in [-0.1, -0.05) is 41.6 Å². The first-order valence-corrected chi connectivity index (χ1v) is 13.3. The lowest BCUT2D eigenvalue weighted by atomic mass is 9.82. The average Bonchev–Trinajstić information content (AvgIpc) is 2.82. The molecule has 2 atom stereocenters. The number of benzene rings is 2. The smallest absolute Gasteiger partial charge is 0.251 e. The van der Waals surface area contributed by atoms with Crippen molar-refractivity contribution in [3.63, 3.8) is 0 Å². The fraction of sp³-hybridized carbons (Fsp3) is 0.308. The molecule has 3 rings (SSSR count). The molecule has 1 amide bonds. The van der Waals surface area contributed by atoms with Crippen molar-refractivity contribution in [2.24, 2.45) is 12.2 Å². The molecule has 9 heteroatoms. The van der Waals surface area contributed by atoms with Gasteiger partial charge in [0.25, 0.3) is 5.91 Å². The van der Waals surface area contributed by atoms with Gasteiger partial charge in [0.05, 0.1) is 5.75 Å². The highest BCUT2D eigenvalue weighted by Gasteiger charge is 2.24. The Balaban J connectivity index is 1.89. The third kappa shape index (κ3) is 6.95. The molecule has 1 N–H and O–H groups in total. The highest BCUT2D eigenvalue weighted by molar-refractivity contribution is 7.90. The molecule has 0 bridgehead atoms. The highest BCUT2D eigenvalue weighted by Crippen LogP contribution is 2.37. The zero-order valence-corrected chi connectivity index (χ0v) is 20.8. The summed E-state index contributed by atoms with van der Waals surface area (Å²) in [6.07, 6.45) is 3.13. The Morgan fingerprint density at radius 1 is 1.03 bits per heavy atom. The zero-order chi connectivity index (χ0) is 25.6. The van der Waals surface area contributed by atoms with E-state index in [0.29, 0.717) is 17.5 Å². The Bertz CT molecular complexity index is 1360. The van der Waals surface area contributed by atoms with Crippen molar-refractivity contribution in [2.75, 3.05) is 18.6 Å². The SMILES string of the molecule is Cc1ccccc1C(CC(N=O)c1ccc(=O)n(C)c1)c1ccc(C(=O)NCCS(C)(=O)=O)cc1. The molecule has 184 valence electrons. The van der Waals surface area contributed by atoms with Crippen LogP contribution in [0.25, 0.3) is 0 Å². The maximum absolute atomic E-state index is 12.4. The largest absolute Gasteiger partial charge is 0.351 e. The minimum Gasteiger partial charge on any atom is -0.351 e. The summed E-state index contributed by atoms with van der Waals surface area (Å²) < 4.78 is 24.0. The number of hydrogen-bond donors (Lipinski definition) is 1. The molecule has 8 nitrogen and oxygen atoms in total. The standard InChI is InChI=1S/C26H29N3O5S/c1-18-6-4-5-7-22(18)23(16-24(28-32)21-12-13-25(30)29(2)17-21)19-8-10-20(11-9-19)26(31)27-14-15-35(3,33)34/h4-13,17,23-24H,14-16H2,1-3H3,(H,27,31). The summed E-state index contributed by atoms with van der Waals surface area (Å²) in [6, 6.07) is 17.3. The van der Waals surface area contributed by atoms with Crippen LogP contribution in [-0.4, -0.2) is 37.4 Å². The summed E-state index contributed by atoms with van der Waals surface area (Å²) in [5.41, 5.74) is 3.91. The van der Waals surface area contributed by atoms with E-state index in [1.807, 2.05) is 43.3 Å². The first-order chi connectivity index (χ1) is 16.6. The van der Waals surface area contributed by atoms with Crippen LogP contribution in [0.2, 0.25) is 0 Å². The van der Waals surface area contributed by atoms with E-state index in [4.69, 9.17) is 0 Å². The number of carbonyl (C=O) groups is 1. The van der Waals surface area contributed by atoms with Gasteiger partial charge in [-0.15, -0.1) is 0 Å². The molecule has 0 aliphatic rings. The van der Waals surface area contributed by atoms with Gasteiger partial charge in [-0.2, -0.15) is 4.91 Å². The number of rotatable bonds is 10. The lowest BCUT2D eigenvalue weighted by Gasteiger charge is -2.23. The highest BCUT2D eigenvalue weighted by atomic mass is 32.2. The first kappa shape index (κ1) is 26.0. The molecule has 0 radical (unpaired) electrons. The third-order valence-electron chi connectivity index (χ3n) is 5.98. The molecular formula is C26H29N3O5S. The average molecular weight is 496 g/mol. The van der Waals surface area contributed by atoms with E-state index in [2.05, 4.69) is 10.5 Å². The first-order valence-electron chi connectivity index (χ1n) is 11.2. The van der Waals surface area contributed by atoms with Crippen molar-refractivity contribution in [1.29, 1.82) is 0 Å². The Labute approximate surface area is 204 Å². The summed E-state index contributed by atoms with van der Waals surface area (Å²) in [5, 5.41) is 5.99. The quantitative estimate of drug-likeness (QED) is 0.432. The van der Waals surface area contributed by atoms with Crippen LogP contribution in [0.4, 0.5) is 0 Å². The number of aryl methyl sites for hydroxylation is 2. The van der Waals surface area contributed by atoms with E-state index >= 15 is 0 Å². The molecular weight excluding hydrogens is 466 g/mol. The van der Waals surface area contributed by atoms with Gasteiger partial charge < -0.3 is 9.88 Å². The molecule has 1 aromatic heterocycles. The number of nitrogens with one attached hydrogen (secondary N) is 1. The zero-order valence-electron chi connectivity index (χ0n) is 20.0. The van der Waals surface area contributed by atoms with Crippen molar-refractivity contribution >= 4 is 15.7 Å². The summed E-state index contributed by atoms with van der Waals surface area (Å²) in [4.78, 5) is 36.1. The molecule has 35 heavy (non-hydrogen) atoms. The second-order valence-corrected chi connectivity index (χ2v) is 10.9. The van der Waals surface area contributed by atoms with E-state index in [0.717, 1.165) is 22.9 Å². The summed E-state index contributed by atoms with van der Waals surface area (Å²) in [6.45, 7) is 2.04. The number of carbonyl (C=O) groups excluding carboxylic acids is 1. The van der Waals surface area contributed by atoms with Crippen LogP contribution in [0.1, 0.15) is 51.0 Å². The molecule has 0 fully saturated rings. The number of amides is 1. The van der Waals surface area contributed by atoms with E-state index < -0.39 is 15.9 Å². The Morgan fingerprint density at radius 3 is 2.29 bits per heavy atom. The van der Waals surface area contributed by atoms with Crippen LogP contribution >= 0.6 is 0 Å². The topological polar surface area (TPSA) is 115 Å². The summed E-state index contributed by atoms with van der Waals surface area (Å²) >= 11 is 0. The van der Waals surface area contributed by atoms with Crippen molar-refractivity contribution in [1.82, 2.24) is 9.88 Å². The Morgan fingerprint density at radius 2 is 1.69 bits per heavy atom.